The zero-order chi connectivity index (χ0) is 17.3. The van der Waals surface area contributed by atoms with Gasteiger partial charge in [-0.15, -0.1) is 0 Å². The van der Waals surface area contributed by atoms with Gasteiger partial charge in [-0.05, 0) is 48.9 Å². The number of nitrogens with zero attached hydrogens (tertiary/aromatic N) is 1. The molecule has 122 valence electrons. The van der Waals surface area contributed by atoms with Crippen LogP contribution < -0.4 is 10.7 Å². The van der Waals surface area contributed by atoms with Crippen molar-refractivity contribution in [1.29, 1.82) is 0 Å². The van der Waals surface area contributed by atoms with Crippen molar-refractivity contribution in [2.45, 2.75) is 13.5 Å². The molecular formula is C18H14Cl2N2O2. The Morgan fingerprint density at radius 1 is 1.08 bits per heavy atom. The van der Waals surface area contributed by atoms with E-state index in [2.05, 4.69) is 5.32 Å². The first-order valence-electron chi connectivity index (χ1n) is 7.29. The Kier molecular flexibility index (Phi) is 4.60. The van der Waals surface area contributed by atoms with Crippen molar-refractivity contribution in [2.24, 2.45) is 0 Å². The molecule has 0 aliphatic rings. The van der Waals surface area contributed by atoms with E-state index in [1.54, 1.807) is 47.2 Å². The monoisotopic (exact) mass is 360 g/mol. The second kappa shape index (κ2) is 6.67. The molecule has 0 saturated heterocycles. The van der Waals surface area contributed by atoms with Gasteiger partial charge in [0, 0.05) is 33.4 Å². The smallest absolute Gasteiger partial charge is 0.244 e. The zero-order valence-corrected chi connectivity index (χ0v) is 14.4. The molecule has 3 rings (SSSR count). The molecule has 0 saturated carbocycles. The van der Waals surface area contributed by atoms with E-state index in [0.29, 0.717) is 26.6 Å². The summed E-state index contributed by atoms with van der Waals surface area (Å²) in [6.45, 7) is 1.94. The number of hydrogen-bond donors (Lipinski definition) is 1. The highest BCUT2D eigenvalue weighted by molar-refractivity contribution is 6.31. The highest BCUT2D eigenvalue weighted by Gasteiger charge is 2.09. The van der Waals surface area contributed by atoms with Crippen molar-refractivity contribution in [3.8, 4) is 0 Å². The number of hydrogen-bond acceptors (Lipinski definition) is 2. The van der Waals surface area contributed by atoms with E-state index in [1.165, 1.54) is 6.07 Å². The number of anilines is 1. The van der Waals surface area contributed by atoms with Gasteiger partial charge in [-0.3, -0.25) is 9.59 Å². The van der Waals surface area contributed by atoms with Crippen LogP contribution in [0.1, 0.15) is 5.56 Å². The number of benzene rings is 2. The molecule has 3 aromatic rings. The number of halogens is 2. The van der Waals surface area contributed by atoms with Gasteiger partial charge < -0.3 is 9.88 Å². The molecular weight excluding hydrogens is 347 g/mol. The van der Waals surface area contributed by atoms with Gasteiger partial charge in [0.1, 0.15) is 6.54 Å². The first-order valence-corrected chi connectivity index (χ1v) is 8.04. The van der Waals surface area contributed by atoms with Crippen LogP contribution in [-0.2, 0) is 11.3 Å². The minimum atomic E-state index is -0.203. The van der Waals surface area contributed by atoms with Crippen LogP contribution in [0.5, 0.6) is 0 Å². The van der Waals surface area contributed by atoms with Crippen molar-refractivity contribution in [1.82, 2.24) is 4.57 Å². The molecule has 0 bridgehead atoms. The summed E-state index contributed by atoms with van der Waals surface area (Å²) in [6, 6.07) is 11.7. The van der Waals surface area contributed by atoms with Crippen molar-refractivity contribution in [3.05, 3.63) is 74.5 Å². The van der Waals surface area contributed by atoms with E-state index in [4.69, 9.17) is 23.2 Å². The fourth-order valence-corrected chi connectivity index (χ4v) is 2.92. The molecule has 1 heterocycles. The Hall–Kier alpha value is -2.30. The van der Waals surface area contributed by atoms with Crippen LogP contribution in [0.2, 0.25) is 10.0 Å². The fourth-order valence-electron chi connectivity index (χ4n) is 2.53. The van der Waals surface area contributed by atoms with E-state index < -0.39 is 0 Å². The van der Waals surface area contributed by atoms with Gasteiger partial charge in [0.05, 0.1) is 5.52 Å². The number of rotatable bonds is 3. The lowest BCUT2D eigenvalue weighted by Crippen LogP contribution is -2.20. The number of amides is 1. The normalized spacial score (nSPS) is 10.8. The van der Waals surface area contributed by atoms with Crippen LogP contribution in [-0.4, -0.2) is 10.5 Å². The lowest BCUT2D eigenvalue weighted by atomic mass is 10.2. The molecule has 2 aromatic carbocycles. The third-order valence-electron chi connectivity index (χ3n) is 3.72. The molecule has 6 heteroatoms. The molecule has 0 aliphatic heterocycles. The van der Waals surface area contributed by atoms with Gasteiger partial charge in [-0.25, -0.2) is 0 Å². The number of carbonyl (C=O) groups is 1. The van der Waals surface area contributed by atoms with Crippen molar-refractivity contribution in [2.75, 3.05) is 5.32 Å². The second-order valence-electron chi connectivity index (χ2n) is 5.48. The minimum absolute atomic E-state index is 0.0686. The number of fused-ring (bicyclic) bond motifs is 1. The predicted molar refractivity (Wildman–Crippen MR) is 98.0 cm³/mol. The summed E-state index contributed by atoms with van der Waals surface area (Å²) in [4.78, 5) is 24.3. The van der Waals surface area contributed by atoms with Gasteiger partial charge in [0.15, 0.2) is 5.43 Å². The summed E-state index contributed by atoms with van der Waals surface area (Å²) in [6.07, 6.45) is 1.59. The van der Waals surface area contributed by atoms with E-state index >= 15 is 0 Å². The topological polar surface area (TPSA) is 51.1 Å². The molecule has 0 unspecified atom stereocenters. The fraction of sp³-hybridized carbons (Fsp3) is 0.111. The SMILES string of the molecule is Cc1cc(Cl)ccc1NC(=O)Cn1ccc(=O)c2ccc(Cl)cc21. The molecule has 1 amide bonds. The summed E-state index contributed by atoms with van der Waals surface area (Å²) < 4.78 is 1.70. The van der Waals surface area contributed by atoms with Crippen LogP contribution in [0.3, 0.4) is 0 Å². The number of nitrogens with one attached hydrogen (secondary N) is 1. The van der Waals surface area contributed by atoms with Gasteiger partial charge in [0.25, 0.3) is 0 Å². The van der Waals surface area contributed by atoms with Gasteiger partial charge >= 0.3 is 0 Å². The molecule has 4 nitrogen and oxygen atoms in total. The summed E-state index contributed by atoms with van der Waals surface area (Å²) >= 11 is 11.9. The standard InChI is InChI=1S/C18H14Cl2N2O2/c1-11-8-12(19)3-5-15(11)21-18(24)10-22-7-6-17(23)14-4-2-13(20)9-16(14)22/h2-9H,10H2,1H3,(H,21,24). The molecule has 0 aliphatic carbocycles. The third kappa shape index (κ3) is 3.45. The molecule has 0 radical (unpaired) electrons. The second-order valence-corrected chi connectivity index (χ2v) is 6.35. The van der Waals surface area contributed by atoms with Crippen molar-refractivity contribution < 1.29 is 4.79 Å². The van der Waals surface area contributed by atoms with Crippen LogP contribution in [0.15, 0.2) is 53.5 Å². The van der Waals surface area contributed by atoms with Crippen molar-refractivity contribution in [3.63, 3.8) is 0 Å². The summed E-state index contributed by atoms with van der Waals surface area (Å²) in [5, 5.41) is 4.50. The summed E-state index contributed by atoms with van der Waals surface area (Å²) in [5.41, 5.74) is 2.10. The molecule has 24 heavy (non-hydrogen) atoms. The lowest BCUT2D eigenvalue weighted by Gasteiger charge is -2.12. The molecule has 0 fully saturated rings. The van der Waals surface area contributed by atoms with Crippen LogP contribution >= 0.6 is 23.2 Å². The minimum Gasteiger partial charge on any atom is -0.338 e. The Balaban J connectivity index is 1.89. The lowest BCUT2D eigenvalue weighted by molar-refractivity contribution is -0.116. The van der Waals surface area contributed by atoms with E-state index in [-0.39, 0.29) is 17.9 Å². The quantitative estimate of drug-likeness (QED) is 0.758. The van der Waals surface area contributed by atoms with Gasteiger partial charge in [0.2, 0.25) is 5.91 Å². The van der Waals surface area contributed by atoms with Crippen LogP contribution in [0.25, 0.3) is 10.9 Å². The first kappa shape index (κ1) is 16.6. The predicted octanol–water partition coefficient (Wildman–Crippen LogP) is 4.26. The molecule has 1 N–H and O–H groups in total. The summed E-state index contributed by atoms with van der Waals surface area (Å²) in [5.74, 6) is -0.203. The Labute approximate surface area is 148 Å². The Morgan fingerprint density at radius 3 is 2.54 bits per heavy atom. The maximum absolute atomic E-state index is 12.4. The van der Waals surface area contributed by atoms with Gasteiger partial charge in [-0.1, -0.05) is 23.2 Å². The van der Waals surface area contributed by atoms with Crippen molar-refractivity contribution >= 4 is 45.7 Å². The number of aromatic nitrogens is 1. The number of carbonyl (C=O) groups excluding carboxylic acids is 1. The average molecular weight is 361 g/mol. The Bertz CT molecular complexity index is 996. The number of aryl methyl sites for hydroxylation is 1. The maximum Gasteiger partial charge on any atom is 0.244 e. The molecule has 1 aromatic heterocycles. The largest absolute Gasteiger partial charge is 0.338 e. The van der Waals surface area contributed by atoms with E-state index in [0.717, 1.165) is 5.56 Å². The van der Waals surface area contributed by atoms with Gasteiger partial charge in [-0.2, -0.15) is 0 Å². The third-order valence-corrected chi connectivity index (χ3v) is 4.19. The highest BCUT2D eigenvalue weighted by atomic mass is 35.5. The Morgan fingerprint density at radius 2 is 1.79 bits per heavy atom. The zero-order valence-electron chi connectivity index (χ0n) is 12.8. The number of pyridine rings is 1. The average Bonchev–Trinajstić information content (AvgIpc) is 2.53. The highest BCUT2D eigenvalue weighted by Crippen LogP contribution is 2.20. The molecule has 0 spiro atoms. The maximum atomic E-state index is 12.4. The van der Waals surface area contributed by atoms with E-state index in [1.807, 2.05) is 6.92 Å². The first-order chi connectivity index (χ1) is 11.4. The summed E-state index contributed by atoms with van der Waals surface area (Å²) in [7, 11) is 0. The molecule has 0 atom stereocenters. The van der Waals surface area contributed by atoms with Crippen LogP contribution in [0.4, 0.5) is 5.69 Å². The van der Waals surface area contributed by atoms with Crippen LogP contribution in [0, 0.1) is 6.92 Å². The van der Waals surface area contributed by atoms with E-state index in [9.17, 15) is 9.59 Å².